The Morgan fingerprint density at radius 3 is 2.60 bits per heavy atom. The molecule has 3 aromatic rings. The van der Waals surface area contributed by atoms with Gasteiger partial charge in [0.05, 0.1) is 10.5 Å². The first-order valence-electron chi connectivity index (χ1n) is 9.09. The second-order valence-electron chi connectivity index (χ2n) is 7.08. The van der Waals surface area contributed by atoms with E-state index in [0.717, 1.165) is 5.56 Å². The molecule has 1 aromatic heterocycles. The van der Waals surface area contributed by atoms with Gasteiger partial charge in [-0.1, -0.05) is 12.1 Å². The van der Waals surface area contributed by atoms with Gasteiger partial charge < -0.3 is 9.15 Å². The Labute approximate surface area is 182 Å². The van der Waals surface area contributed by atoms with Crippen LogP contribution in [0.5, 0.6) is 0 Å². The number of ether oxygens (including phenoxy) is 1. The number of esters is 1. The minimum Gasteiger partial charge on any atom is -0.457 e. The third-order valence-corrected chi connectivity index (χ3v) is 6.55. The molecule has 2 aromatic carbocycles. The zero-order valence-corrected chi connectivity index (χ0v) is 19.0. The van der Waals surface area contributed by atoms with E-state index in [-0.39, 0.29) is 23.1 Å². The number of hydrogen-bond acceptors (Lipinski definition) is 6. The first kappa shape index (κ1) is 22.2. The van der Waals surface area contributed by atoms with E-state index >= 15 is 0 Å². The van der Waals surface area contributed by atoms with Crippen molar-refractivity contribution in [3.8, 4) is 0 Å². The molecule has 0 atom stereocenters. The summed E-state index contributed by atoms with van der Waals surface area (Å²) in [6.45, 7) is 5.11. The summed E-state index contributed by atoms with van der Waals surface area (Å²) < 4.78 is 38.2. The fraction of sp³-hybridized carbons (Fsp3) is 0.238. The van der Waals surface area contributed by atoms with Crippen molar-refractivity contribution in [2.45, 2.75) is 38.3 Å². The number of carbonyl (C=O) groups is 1. The molecule has 0 saturated heterocycles. The Bertz CT molecular complexity index is 1280. The molecule has 1 heterocycles. The van der Waals surface area contributed by atoms with Crippen LogP contribution in [0, 0.1) is 6.92 Å². The van der Waals surface area contributed by atoms with Gasteiger partial charge in [-0.15, -0.1) is 0 Å². The summed E-state index contributed by atoms with van der Waals surface area (Å²) >= 11 is 3.25. The topological polar surface area (TPSA) is 103 Å². The molecular formula is C21H20BrNO6S. The normalized spacial score (nSPS) is 11.8. The summed E-state index contributed by atoms with van der Waals surface area (Å²) in [5.41, 5.74) is 1.34. The number of carbonyl (C=O) groups excluding carboxylic acids is 1. The lowest BCUT2D eigenvalue weighted by Crippen LogP contribution is -2.30. The fourth-order valence-electron chi connectivity index (χ4n) is 2.88. The van der Waals surface area contributed by atoms with Crippen LogP contribution >= 0.6 is 15.9 Å². The van der Waals surface area contributed by atoms with E-state index in [1.807, 2.05) is 13.0 Å². The first-order chi connectivity index (χ1) is 14.1. The zero-order chi connectivity index (χ0) is 22.1. The van der Waals surface area contributed by atoms with E-state index in [4.69, 9.17) is 9.15 Å². The quantitative estimate of drug-likeness (QED) is 0.412. The van der Waals surface area contributed by atoms with Crippen LogP contribution in [0.4, 0.5) is 0 Å². The van der Waals surface area contributed by atoms with E-state index in [2.05, 4.69) is 20.7 Å². The standard InChI is InChI=1S/C21H20BrNO6S/c1-12(2)23-30(26,27)15-5-7-18(22)17(10-15)21(25)28-11-14-9-20(24)29-19-8-13(3)4-6-16(14)19/h4-10,12,23H,11H2,1-3H3. The Morgan fingerprint density at radius 1 is 1.17 bits per heavy atom. The molecule has 9 heteroatoms. The molecular weight excluding hydrogens is 474 g/mol. The Morgan fingerprint density at radius 2 is 1.90 bits per heavy atom. The Kier molecular flexibility index (Phi) is 6.44. The van der Waals surface area contributed by atoms with Crippen LogP contribution in [-0.2, 0) is 21.4 Å². The Balaban J connectivity index is 1.88. The van der Waals surface area contributed by atoms with E-state index in [0.29, 0.717) is 21.0 Å². The van der Waals surface area contributed by atoms with Gasteiger partial charge in [-0.2, -0.15) is 0 Å². The van der Waals surface area contributed by atoms with E-state index in [1.165, 1.54) is 24.3 Å². The highest BCUT2D eigenvalue weighted by atomic mass is 79.9. The summed E-state index contributed by atoms with van der Waals surface area (Å²) in [7, 11) is -3.77. The molecule has 30 heavy (non-hydrogen) atoms. The summed E-state index contributed by atoms with van der Waals surface area (Å²) in [4.78, 5) is 24.4. The molecule has 0 fully saturated rings. The molecule has 0 spiro atoms. The van der Waals surface area contributed by atoms with Gasteiger partial charge in [0, 0.05) is 27.5 Å². The molecule has 0 aliphatic rings. The second-order valence-corrected chi connectivity index (χ2v) is 9.65. The van der Waals surface area contributed by atoms with Crippen molar-refractivity contribution in [2.24, 2.45) is 0 Å². The van der Waals surface area contributed by atoms with Crippen LogP contribution in [0.3, 0.4) is 0 Å². The van der Waals surface area contributed by atoms with Crippen molar-refractivity contribution in [3.05, 3.63) is 74.0 Å². The lowest BCUT2D eigenvalue weighted by atomic mass is 10.1. The fourth-order valence-corrected chi connectivity index (χ4v) is 4.57. The van der Waals surface area contributed by atoms with Gasteiger partial charge >= 0.3 is 11.6 Å². The number of benzene rings is 2. The number of halogens is 1. The van der Waals surface area contributed by atoms with Gasteiger partial charge in [0.25, 0.3) is 0 Å². The number of hydrogen-bond donors (Lipinski definition) is 1. The highest BCUT2D eigenvalue weighted by molar-refractivity contribution is 9.10. The third-order valence-electron chi connectivity index (χ3n) is 4.20. The van der Waals surface area contributed by atoms with Crippen LogP contribution in [-0.4, -0.2) is 20.4 Å². The van der Waals surface area contributed by atoms with Gasteiger partial charge in [-0.25, -0.2) is 22.7 Å². The first-order valence-corrected chi connectivity index (χ1v) is 11.4. The SMILES string of the molecule is Cc1ccc2c(COC(=O)c3cc(S(=O)(=O)NC(C)C)ccc3Br)cc(=O)oc2c1. The molecule has 3 rings (SSSR count). The molecule has 0 bridgehead atoms. The number of aryl methyl sites for hydroxylation is 1. The van der Waals surface area contributed by atoms with Crippen LogP contribution in [0.2, 0.25) is 0 Å². The monoisotopic (exact) mass is 493 g/mol. The van der Waals surface area contributed by atoms with Crippen molar-refractivity contribution in [2.75, 3.05) is 0 Å². The van der Waals surface area contributed by atoms with Crippen LogP contribution < -0.4 is 10.3 Å². The predicted octanol–water partition coefficient (Wildman–Crippen LogP) is 3.91. The molecule has 0 aliphatic heterocycles. The summed E-state index contributed by atoms with van der Waals surface area (Å²) in [5.74, 6) is -0.725. The molecule has 0 saturated carbocycles. The molecule has 158 valence electrons. The van der Waals surface area contributed by atoms with Crippen molar-refractivity contribution >= 4 is 42.9 Å². The van der Waals surface area contributed by atoms with Gasteiger partial charge in [-0.05, 0) is 66.5 Å². The van der Waals surface area contributed by atoms with Gasteiger partial charge in [0.1, 0.15) is 12.2 Å². The van der Waals surface area contributed by atoms with Crippen molar-refractivity contribution in [3.63, 3.8) is 0 Å². The molecule has 1 N–H and O–H groups in total. The van der Waals surface area contributed by atoms with Crippen LogP contribution in [0.25, 0.3) is 11.0 Å². The van der Waals surface area contributed by atoms with Crippen LogP contribution in [0.1, 0.15) is 35.3 Å². The average molecular weight is 494 g/mol. The van der Waals surface area contributed by atoms with E-state index in [1.54, 1.807) is 26.0 Å². The van der Waals surface area contributed by atoms with Crippen molar-refractivity contribution in [1.29, 1.82) is 0 Å². The maximum atomic E-state index is 12.6. The highest BCUT2D eigenvalue weighted by Gasteiger charge is 2.20. The van der Waals surface area contributed by atoms with Crippen molar-refractivity contribution in [1.82, 2.24) is 4.72 Å². The maximum Gasteiger partial charge on any atom is 0.339 e. The highest BCUT2D eigenvalue weighted by Crippen LogP contribution is 2.24. The minimum atomic E-state index is -3.77. The second kappa shape index (κ2) is 8.71. The van der Waals surface area contributed by atoms with Gasteiger partial charge in [0.2, 0.25) is 10.0 Å². The minimum absolute atomic E-state index is 0.0485. The maximum absolute atomic E-state index is 12.6. The third kappa shape index (κ3) is 4.97. The number of sulfonamides is 1. The van der Waals surface area contributed by atoms with Gasteiger partial charge in [-0.3, -0.25) is 0 Å². The predicted molar refractivity (Wildman–Crippen MR) is 116 cm³/mol. The van der Waals surface area contributed by atoms with E-state index in [9.17, 15) is 18.0 Å². The average Bonchev–Trinajstić information content (AvgIpc) is 2.64. The molecule has 0 unspecified atom stereocenters. The molecule has 0 radical (unpaired) electrons. The zero-order valence-electron chi connectivity index (χ0n) is 16.6. The number of fused-ring (bicyclic) bond motifs is 1. The summed E-state index contributed by atoms with van der Waals surface area (Å²) in [6.07, 6.45) is 0. The van der Waals surface area contributed by atoms with Crippen molar-refractivity contribution < 1.29 is 22.4 Å². The molecule has 7 nitrogen and oxygen atoms in total. The number of rotatable bonds is 6. The van der Waals surface area contributed by atoms with E-state index < -0.39 is 21.6 Å². The lowest BCUT2D eigenvalue weighted by Gasteiger charge is -2.12. The largest absolute Gasteiger partial charge is 0.457 e. The smallest absolute Gasteiger partial charge is 0.339 e. The van der Waals surface area contributed by atoms with Gasteiger partial charge in [0.15, 0.2) is 0 Å². The summed E-state index contributed by atoms with van der Waals surface area (Å²) in [6, 6.07) is 10.5. The molecule has 0 amide bonds. The lowest BCUT2D eigenvalue weighted by molar-refractivity contribution is 0.0472. The summed E-state index contributed by atoms with van der Waals surface area (Å²) in [5, 5.41) is 0.657. The number of nitrogens with one attached hydrogen (secondary N) is 1. The van der Waals surface area contributed by atoms with Crippen LogP contribution in [0.15, 0.2) is 61.0 Å². The Hall–Kier alpha value is -2.49. The molecule has 0 aliphatic carbocycles.